The highest BCUT2D eigenvalue weighted by Crippen LogP contribution is 2.37. The van der Waals surface area contributed by atoms with Gasteiger partial charge in [-0.1, -0.05) is 54.4 Å². The minimum Gasteiger partial charge on any atom is -0.363 e. The number of rotatable bonds is 6. The number of amides is 1. The van der Waals surface area contributed by atoms with Gasteiger partial charge in [0.2, 0.25) is 0 Å². The number of hydrogen-bond acceptors (Lipinski definition) is 4. The molecule has 2 aliphatic rings. The molecule has 0 bridgehead atoms. The van der Waals surface area contributed by atoms with Crippen LogP contribution in [0.4, 0.5) is 0 Å². The van der Waals surface area contributed by atoms with Gasteiger partial charge in [-0.3, -0.25) is 9.79 Å². The van der Waals surface area contributed by atoms with Crippen molar-refractivity contribution in [3.05, 3.63) is 75.8 Å². The van der Waals surface area contributed by atoms with Crippen LogP contribution in [-0.4, -0.2) is 62.0 Å². The molecule has 9 heteroatoms. The average molecular weight is 480 g/mol. The summed E-state index contributed by atoms with van der Waals surface area (Å²) in [7, 11) is 8.22. The summed E-state index contributed by atoms with van der Waals surface area (Å²) in [6, 6.07) is 14.6. The molecule has 2 radical (unpaired) electrons. The smallest absolute Gasteiger partial charge is 0.253 e. The molecule has 4 rings (SSSR count). The molecule has 2 aromatic rings. The lowest BCUT2D eigenvalue weighted by atomic mass is 9.69. The molecule has 0 saturated carbocycles. The second-order valence-corrected chi connectivity index (χ2v) is 9.21. The number of carbonyl (C=O) groups excluding carboxylic acids is 1. The van der Waals surface area contributed by atoms with Crippen LogP contribution in [0.15, 0.2) is 64.7 Å². The van der Waals surface area contributed by atoms with E-state index in [0.717, 1.165) is 11.3 Å². The fraction of sp³-hybridized carbons (Fsp3) is 0.292. The van der Waals surface area contributed by atoms with Gasteiger partial charge in [-0.05, 0) is 30.7 Å². The van der Waals surface area contributed by atoms with E-state index < -0.39 is 5.31 Å². The molecule has 33 heavy (non-hydrogen) atoms. The summed E-state index contributed by atoms with van der Waals surface area (Å²) in [5.74, 6) is 0.624. The fourth-order valence-electron chi connectivity index (χ4n) is 3.78. The number of aliphatic imine (C=N–C) groups is 1. The summed E-state index contributed by atoms with van der Waals surface area (Å²) in [4.78, 5) is 19.0. The van der Waals surface area contributed by atoms with Gasteiger partial charge in [-0.15, -0.1) is 0 Å². The van der Waals surface area contributed by atoms with Gasteiger partial charge in [0.25, 0.3) is 5.91 Å². The minimum atomic E-state index is -0.675. The molecule has 0 aromatic heterocycles. The van der Waals surface area contributed by atoms with Crippen LogP contribution >= 0.6 is 23.2 Å². The monoisotopic (exact) mass is 479 g/mol. The first-order valence-corrected chi connectivity index (χ1v) is 11.4. The first-order chi connectivity index (χ1) is 15.8. The molecule has 2 atom stereocenters. The van der Waals surface area contributed by atoms with E-state index in [1.54, 1.807) is 47.4 Å². The van der Waals surface area contributed by atoms with Crippen LogP contribution in [0.25, 0.3) is 5.70 Å². The normalized spacial score (nSPS) is 22.7. The summed E-state index contributed by atoms with van der Waals surface area (Å²) in [6.45, 7) is 3.00. The molecule has 0 aliphatic carbocycles. The van der Waals surface area contributed by atoms with Gasteiger partial charge in [-0.25, -0.2) is 5.01 Å². The Hall–Kier alpha value is -2.77. The van der Waals surface area contributed by atoms with Crippen molar-refractivity contribution in [3.8, 4) is 0 Å². The number of benzene rings is 2. The summed E-state index contributed by atoms with van der Waals surface area (Å²) in [5, 5.41) is 10.2. The Labute approximate surface area is 205 Å². The van der Waals surface area contributed by atoms with E-state index in [1.165, 1.54) is 0 Å². The number of hydrazone groups is 1. The second-order valence-electron chi connectivity index (χ2n) is 8.37. The fourth-order valence-corrected chi connectivity index (χ4v) is 4.21. The third-order valence-corrected chi connectivity index (χ3v) is 6.17. The zero-order valence-electron chi connectivity index (χ0n) is 18.5. The third kappa shape index (κ3) is 5.10. The highest BCUT2D eigenvalue weighted by molar-refractivity contribution is 6.32. The number of fused-ring (bicyclic) bond motifs is 1. The Balaban J connectivity index is 1.47. The van der Waals surface area contributed by atoms with Crippen LogP contribution in [0.3, 0.4) is 0 Å². The maximum absolute atomic E-state index is 12.6. The van der Waals surface area contributed by atoms with Crippen LogP contribution in [-0.2, 0) is 0 Å². The minimum absolute atomic E-state index is 0.0731. The SMILES string of the molecule is [B]C1(C)C=NN2C(=NCCCN(C)C(=O)c3cccc(Cl)c3)C=C(c3ccccc3Cl)NC21. The van der Waals surface area contributed by atoms with Gasteiger partial charge in [0.1, 0.15) is 12.0 Å². The highest BCUT2D eigenvalue weighted by atomic mass is 35.5. The van der Waals surface area contributed by atoms with E-state index in [2.05, 4.69) is 10.4 Å². The third-order valence-electron chi connectivity index (χ3n) is 5.60. The van der Waals surface area contributed by atoms with Crippen LogP contribution in [0, 0.1) is 0 Å². The molecular weight excluding hydrogens is 456 g/mol. The molecule has 2 aromatic carbocycles. The lowest BCUT2D eigenvalue weighted by Gasteiger charge is -2.38. The molecule has 0 fully saturated rings. The van der Waals surface area contributed by atoms with Crippen molar-refractivity contribution in [2.24, 2.45) is 10.1 Å². The Morgan fingerprint density at radius 2 is 2.06 bits per heavy atom. The van der Waals surface area contributed by atoms with Gasteiger partial charge in [-0.2, -0.15) is 5.10 Å². The van der Waals surface area contributed by atoms with E-state index in [9.17, 15) is 4.79 Å². The van der Waals surface area contributed by atoms with E-state index in [-0.39, 0.29) is 12.1 Å². The Morgan fingerprint density at radius 1 is 1.27 bits per heavy atom. The first-order valence-electron chi connectivity index (χ1n) is 10.7. The van der Waals surface area contributed by atoms with Gasteiger partial charge >= 0.3 is 0 Å². The van der Waals surface area contributed by atoms with Crippen molar-refractivity contribution in [3.63, 3.8) is 0 Å². The Morgan fingerprint density at radius 3 is 2.82 bits per heavy atom. The quantitative estimate of drug-likeness (QED) is 0.491. The summed E-state index contributed by atoms with van der Waals surface area (Å²) in [6.07, 6.45) is 4.06. The average Bonchev–Trinajstić information content (AvgIpc) is 3.11. The first kappa shape index (κ1) is 23.4. The van der Waals surface area contributed by atoms with Crippen molar-refractivity contribution in [2.45, 2.75) is 24.8 Å². The zero-order chi connectivity index (χ0) is 23.6. The number of halogens is 2. The van der Waals surface area contributed by atoms with Crippen LogP contribution in [0.5, 0.6) is 0 Å². The van der Waals surface area contributed by atoms with Gasteiger partial charge in [0, 0.05) is 64.6 Å². The summed E-state index contributed by atoms with van der Waals surface area (Å²) < 4.78 is 0. The number of carbonyl (C=O) groups is 1. The van der Waals surface area contributed by atoms with Crippen molar-refractivity contribution < 1.29 is 4.79 Å². The van der Waals surface area contributed by atoms with Gasteiger partial charge in [0.05, 0.1) is 7.85 Å². The topological polar surface area (TPSA) is 60.3 Å². The molecule has 1 N–H and O–H groups in total. The predicted octanol–water partition coefficient (Wildman–Crippen LogP) is 4.47. The molecule has 0 saturated heterocycles. The van der Waals surface area contributed by atoms with Crippen molar-refractivity contribution >= 4 is 54.7 Å². The Bertz CT molecular complexity index is 1150. The lowest BCUT2D eigenvalue weighted by molar-refractivity contribution is 0.0794. The molecule has 2 aliphatic heterocycles. The van der Waals surface area contributed by atoms with E-state index in [0.29, 0.717) is 41.0 Å². The Kier molecular flexibility index (Phi) is 6.82. The molecular formula is C24H24BCl2N5O. The molecule has 168 valence electrons. The highest BCUT2D eigenvalue weighted by Gasteiger charge is 2.41. The number of amidine groups is 1. The molecule has 2 heterocycles. The van der Waals surface area contributed by atoms with Crippen LogP contribution in [0.1, 0.15) is 29.3 Å². The van der Waals surface area contributed by atoms with E-state index in [1.807, 2.05) is 37.3 Å². The zero-order valence-corrected chi connectivity index (χ0v) is 20.0. The predicted molar refractivity (Wildman–Crippen MR) is 136 cm³/mol. The number of hydrogen-bond donors (Lipinski definition) is 1. The van der Waals surface area contributed by atoms with Crippen molar-refractivity contribution in [1.82, 2.24) is 15.2 Å². The molecule has 0 spiro atoms. The maximum atomic E-state index is 12.6. The van der Waals surface area contributed by atoms with Crippen molar-refractivity contribution in [2.75, 3.05) is 20.1 Å². The molecule has 6 nitrogen and oxygen atoms in total. The van der Waals surface area contributed by atoms with Crippen molar-refractivity contribution in [1.29, 1.82) is 0 Å². The lowest BCUT2D eigenvalue weighted by Crippen LogP contribution is -2.51. The second kappa shape index (κ2) is 9.61. The van der Waals surface area contributed by atoms with Crippen LogP contribution < -0.4 is 5.32 Å². The molecule has 1 amide bonds. The van der Waals surface area contributed by atoms with Gasteiger partial charge in [0.15, 0.2) is 0 Å². The molecule has 2 unspecified atom stereocenters. The van der Waals surface area contributed by atoms with E-state index in [4.69, 9.17) is 36.0 Å². The largest absolute Gasteiger partial charge is 0.363 e. The van der Waals surface area contributed by atoms with Crippen LogP contribution in [0.2, 0.25) is 15.4 Å². The standard InChI is InChI=1S/C24H24BCl2N5O/c1-24(25)15-29-32-21(14-20(30-23(24)32)18-9-3-4-10-19(18)27)28-11-6-12-31(2)22(33)16-7-5-8-17(26)13-16/h3-5,7-10,13-15,23,30H,6,11-12H2,1-2H3. The van der Waals surface area contributed by atoms with E-state index >= 15 is 0 Å². The summed E-state index contributed by atoms with van der Waals surface area (Å²) in [5.41, 5.74) is 2.29. The van der Waals surface area contributed by atoms with Gasteiger partial charge < -0.3 is 10.2 Å². The maximum Gasteiger partial charge on any atom is 0.253 e. The number of nitrogens with zero attached hydrogens (tertiary/aromatic N) is 4. The number of nitrogens with one attached hydrogen (secondary N) is 1. The summed E-state index contributed by atoms with van der Waals surface area (Å²) >= 11 is 12.4.